The molecule has 2 aliphatic carbocycles. The van der Waals surface area contributed by atoms with Gasteiger partial charge in [-0.1, -0.05) is 255 Å². The fraction of sp³-hybridized carbons (Fsp3) is 0.298. The van der Waals surface area contributed by atoms with Gasteiger partial charge in [0.25, 0.3) is 0 Å². The van der Waals surface area contributed by atoms with Crippen molar-refractivity contribution in [2.24, 2.45) is 0 Å². The number of rotatable bonds is 10. The zero-order chi connectivity index (χ0) is 67.3. The van der Waals surface area contributed by atoms with Crippen molar-refractivity contribution in [3.05, 3.63) is 252 Å². The molecule has 17 rings (SSSR count). The van der Waals surface area contributed by atoms with Gasteiger partial charge in [0, 0.05) is 65.6 Å². The van der Waals surface area contributed by atoms with Crippen LogP contribution >= 0.6 is 0 Å². The highest BCUT2D eigenvalue weighted by atomic mass is 15.2. The van der Waals surface area contributed by atoms with Crippen LogP contribution in [-0.4, -0.2) is 8.80 Å². The summed E-state index contributed by atoms with van der Waals surface area (Å²) in [7, 11) is 0. The van der Waals surface area contributed by atoms with E-state index in [1.54, 1.807) is 0 Å². The summed E-state index contributed by atoms with van der Waals surface area (Å²) in [5.41, 5.74) is 27.7. The van der Waals surface area contributed by atoms with E-state index in [1.807, 2.05) is 0 Å². The van der Waals surface area contributed by atoms with Crippen molar-refractivity contribution in [2.75, 3.05) is 9.80 Å². The summed E-state index contributed by atoms with van der Waals surface area (Å²) >= 11 is 0. The van der Waals surface area contributed by atoms with Gasteiger partial charge in [0.2, 0.25) is 0 Å². The van der Waals surface area contributed by atoms with Crippen molar-refractivity contribution in [1.82, 2.24) is 8.80 Å². The standard InChI is InChI=1S/C94H94N4/c1-91(2,3)65-37-43-69(44-38-65)95(81-49-41-67(93(7,8)9)55-75(81)63-31-23-29-61(53-63)59-25-15-13-16-26-59)83-51-47-71-77-57-86-78(58-85(77)97-79-35-21-19-33-73(79)87(83)89(71)97)72-48-52-84(88-74-34-20-22-36-80(74)98(86)90(72)88)96(70-45-39-66(40-46-70)92(4,5)6)82-50-42-68(94(10,11)12)56-76(82)64-32-24-30-62(54-64)60-27-17-14-18-28-60/h19-24,29-60H,13-18,25-28H2,1-12H3. The molecule has 11 aromatic carbocycles. The molecule has 15 aromatic rings. The van der Waals surface area contributed by atoms with Crippen LogP contribution in [-0.2, 0) is 21.7 Å². The van der Waals surface area contributed by atoms with Crippen LogP contribution in [0.1, 0.15) is 193 Å². The van der Waals surface area contributed by atoms with Crippen LogP contribution in [0.3, 0.4) is 0 Å². The summed E-state index contributed by atoms with van der Waals surface area (Å²) in [5.74, 6) is 1.19. The van der Waals surface area contributed by atoms with E-state index >= 15 is 0 Å². The lowest BCUT2D eigenvalue weighted by Crippen LogP contribution is -2.16. The Morgan fingerprint density at radius 3 is 1.02 bits per heavy atom. The number of nitrogens with zero attached hydrogens (tertiary/aromatic N) is 4. The molecule has 490 valence electrons. The summed E-state index contributed by atoms with van der Waals surface area (Å²) in [4.78, 5) is 5.21. The van der Waals surface area contributed by atoms with E-state index in [0.717, 1.165) is 11.4 Å². The maximum atomic E-state index is 2.61. The number of para-hydroxylation sites is 2. The maximum absolute atomic E-state index is 2.61. The van der Waals surface area contributed by atoms with Crippen LogP contribution in [0.5, 0.6) is 0 Å². The number of aromatic nitrogens is 2. The van der Waals surface area contributed by atoms with Crippen molar-refractivity contribution in [3.8, 4) is 22.3 Å². The first-order valence-electron chi connectivity index (χ1n) is 36.8. The fourth-order valence-electron chi connectivity index (χ4n) is 17.5. The molecular formula is C94H94N4. The van der Waals surface area contributed by atoms with Crippen LogP contribution in [0.25, 0.3) is 98.4 Å². The molecule has 4 heterocycles. The van der Waals surface area contributed by atoms with Gasteiger partial charge in [0.05, 0.1) is 55.8 Å². The van der Waals surface area contributed by atoms with Crippen molar-refractivity contribution < 1.29 is 0 Å². The molecule has 0 aliphatic heterocycles. The van der Waals surface area contributed by atoms with E-state index in [-0.39, 0.29) is 21.7 Å². The van der Waals surface area contributed by atoms with Gasteiger partial charge in [-0.25, -0.2) is 0 Å². The van der Waals surface area contributed by atoms with Crippen LogP contribution in [0.15, 0.2) is 218 Å². The number of benzene rings is 11. The molecule has 0 amide bonds. The lowest BCUT2D eigenvalue weighted by molar-refractivity contribution is 0.444. The third-order valence-corrected chi connectivity index (χ3v) is 23.0. The van der Waals surface area contributed by atoms with E-state index < -0.39 is 0 Å². The highest BCUT2D eigenvalue weighted by molar-refractivity contribution is 6.32. The summed E-state index contributed by atoms with van der Waals surface area (Å²) in [6.07, 6.45) is 13.0. The van der Waals surface area contributed by atoms with E-state index in [4.69, 9.17) is 0 Å². The first-order chi connectivity index (χ1) is 47.2. The van der Waals surface area contributed by atoms with E-state index in [0.29, 0.717) is 11.8 Å². The second-order valence-electron chi connectivity index (χ2n) is 33.5. The Kier molecular flexibility index (Phi) is 14.7. The Morgan fingerprint density at radius 2 is 0.643 bits per heavy atom. The average Bonchev–Trinajstić information content (AvgIpc) is 1.51. The fourth-order valence-corrected chi connectivity index (χ4v) is 17.5. The molecule has 2 saturated carbocycles. The molecule has 4 heteroatoms. The predicted octanol–water partition coefficient (Wildman–Crippen LogP) is 27.5. The lowest BCUT2D eigenvalue weighted by Gasteiger charge is -2.31. The zero-order valence-electron chi connectivity index (χ0n) is 59.8. The van der Waals surface area contributed by atoms with Crippen molar-refractivity contribution in [3.63, 3.8) is 0 Å². The molecular weight excluding hydrogens is 1190 g/mol. The van der Waals surface area contributed by atoms with E-state index in [2.05, 4.69) is 320 Å². The van der Waals surface area contributed by atoms with Gasteiger partial charge in [-0.3, -0.25) is 0 Å². The zero-order valence-corrected chi connectivity index (χ0v) is 59.8. The Balaban J connectivity index is 0.902. The number of hydrogen-bond acceptors (Lipinski definition) is 2. The normalized spacial score (nSPS) is 15.1. The minimum Gasteiger partial charge on any atom is -0.309 e. The van der Waals surface area contributed by atoms with Crippen LogP contribution in [0.4, 0.5) is 34.1 Å². The van der Waals surface area contributed by atoms with Crippen molar-refractivity contribution in [1.29, 1.82) is 0 Å². The molecule has 98 heavy (non-hydrogen) atoms. The van der Waals surface area contributed by atoms with Gasteiger partial charge in [0.1, 0.15) is 0 Å². The quantitative estimate of drug-likeness (QED) is 0.136. The minimum atomic E-state index is -0.0501. The molecule has 4 nitrogen and oxygen atoms in total. The Hall–Kier alpha value is -9.38. The largest absolute Gasteiger partial charge is 0.309 e. The molecule has 0 N–H and O–H groups in total. The van der Waals surface area contributed by atoms with E-state index in [1.165, 1.54) is 219 Å². The van der Waals surface area contributed by atoms with Crippen molar-refractivity contribution in [2.45, 2.75) is 181 Å². The topological polar surface area (TPSA) is 15.3 Å². The minimum absolute atomic E-state index is 0.000471. The molecule has 2 aliphatic rings. The summed E-state index contributed by atoms with van der Waals surface area (Å²) in [5, 5.41) is 10.1. The number of anilines is 6. The van der Waals surface area contributed by atoms with Gasteiger partial charge >= 0.3 is 0 Å². The Morgan fingerprint density at radius 1 is 0.286 bits per heavy atom. The number of hydrogen-bond donors (Lipinski definition) is 0. The predicted molar refractivity (Wildman–Crippen MR) is 422 cm³/mol. The Labute approximate surface area is 580 Å². The third-order valence-electron chi connectivity index (χ3n) is 23.0. The number of fused-ring (bicyclic) bond motifs is 12. The van der Waals surface area contributed by atoms with E-state index in [9.17, 15) is 0 Å². The van der Waals surface area contributed by atoms with Gasteiger partial charge in [-0.2, -0.15) is 0 Å². The van der Waals surface area contributed by atoms with Gasteiger partial charge in [-0.15, -0.1) is 0 Å². The second-order valence-corrected chi connectivity index (χ2v) is 33.5. The SMILES string of the molecule is CC(C)(C)c1ccc(N(c2ccc(C(C)(C)C)cc2-c2cccc(C3CCCCC3)c2)c2ccc3c4cc5c(cc4n4c6ccccc6c2c34)c2ccc(N(c3ccc(C(C)(C)C)cc3)c3ccc(C(C)(C)C)cc3-c3cccc(C4CCCCC4)c3)c3c4ccccc4n5c23)cc1. The second kappa shape index (κ2) is 23.1. The summed E-state index contributed by atoms with van der Waals surface area (Å²) < 4.78 is 5.23. The Bertz CT molecular complexity index is 5210. The average molecular weight is 1280 g/mol. The maximum Gasteiger partial charge on any atom is 0.0641 e. The molecule has 0 bridgehead atoms. The monoisotopic (exact) mass is 1280 g/mol. The van der Waals surface area contributed by atoms with Gasteiger partial charge in [0.15, 0.2) is 0 Å². The third kappa shape index (κ3) is 10.3. The summed E-state index contributed by atoms with van der Waals surface area (Å²) in [6, 6.07) is 86.2. The molecule has 2 fully saturated rings. The highest BCUT2D eigenvalue weighted by Crippen LogP contribution is 2.54. The molecule has 4 aromatic heterocycles. The van der Waals surface area contributed by atoms with Gasteiger partial charge in [-0.05, 0) is 189 Å². The molecule has 0 atom stereocenters. The lowest BCUT2D eigenvalue weighted by atomic mass is 9.82. The smallest absolute Gasteiger partial charge is 0.0641 e. The molecule has 0 saturated heterocycles. The van der Waals surface area contributed by atoms with Crippen LogP contribution in [0.2, 0.25) is 0 Å². The first-order valence-corrected chi connectivity index (χ1v) is 36.8. The van der Waals surface area contributed by atoms with Gasteiger partial charge < -0.3 is 18.6 Å². The summed E-state index contributed by atoms with van der Waals surface area (Å²) in [6.45, 7) is 28.1. The van der Waals surface area contributed by atoms with Crippen molar-refractivity contribution >= 4 is 110 Å². The molecule has 0 radical (unpaired) electrons. The van der Waals surface area contributed by atoms with Crippen LogP contribution in [0, 0.1) is 0 Å². The molecule has 0 spiro atoms. The van der Waals surface area contributed by atoms with Crippen LogP contribution < -0.4 is 9.80 Å². The highest BCUT2D eigenvalue weighted by Gasteiger charge is 2.32. The molecule has 0 unspecified atom stereocenters. The first kappa shape index (κ1) is 62.2.